The molecule has 0 bridgehead atoms. The monoisotopic (exact) mass is 324 g/mol. The van der Waals surface area contributed by atoms with Crippen LogP contribution in [0, 0.1) is 13.8 Å². The summed E-state index contributed by atoms with van der Waals surface area (Å²) in [4.78, 5) is 0. The number of benzene rings is 3. The second-order valence-electron chi connectivity index (χ2n) is 7.65. The highest BCUT2D eigenvalue weighted by atomic mass is 14.4. The molecule has 0 spiro atoms. The third kappa shape index (κ3) is 2.53. The van der Waals surface area contributed by atoms with Gasteiger partial charge in [0.2, 0.25) is 0 Å². The highest BCUT2D eigenvalue weighted by molar-refractivity contribution is 6.07. The van der Waals surface area contributed by atoms with E-state index in [9.17, 15) is 0 Å². The van der Waals surface area contributed by atoms with E-state index in [0.29, 0.717) is 0 Å². The lowest BCUT2D eigenvalue weighted by molar-refractivity contribution is 0.704. The molecule has 0 heterocycles. The van der Waals surface area contributed by atoms with E-state index in [-0.39, 0.29) is 5.41 Å². The minimum Gasteiger partial charge on any atom is -0.0619 e. The number of rotatable bonds is 2. The van der Waals surface area contributed by atoms with E-state index in [1.54, 1.807) is 0 Å². The Balaban J connectivity index is 2.04. The Kier molecular flexibility index (Phi) is 3.65. The van der Waals surface area contributed by atoms with Gasteiger partial charge >= 0.3 is 0 Å². The number of allylic oxidation sites excluding steroid dienone is 1. The van der Waals surface area contributed by atoms with Crippen LogP contribution in [0.5, 0.6) is 0 Å². The first-order valence-corrected chi connectivity index (χ1v) is 8.97. The Labute approximate surface area is 150 Å². The molecule has 0 fully saturated rings. The Morgan fingerprint density at radius 2 is 1.12 bits per heavy atom. The van der Waals surface area contributed by atoms with Gasteiger partial charge in [-0.15, -0.1) is 0 Å². The quantitative estimate of drug-likeness (QED) is 0.501. The smallest absolute Gasteiger partial charge is 0.0165 e. The van der Waals surface area contributed by atoms with Crippen LogP contribution < -0.4 is 0 Å². The maximum absolute atomic E-state index is 2.35. The standard InChI is InChI=1S/C25H24/c1-17-9-13-19(14-10-17)23-21-7-5-6-8-22(21)25(3,4)24(23)20-15-11-18(2)12-16-20/h5-16H,1-4H3. The van der Waals surface area contributed by atoms with E-state index >= 15 is 0 Å². The molecule has 25 heavy (non-hydrogen) atoms. The van der Waals surface area contributed by atoms with Crippen LogP contribution in [0.15, 0.2) is 72.8 Å². The fourth-order valence-corrected chi connectivity index (χ4v) is 4.07. The summed E-state index contributed by atoms with van der Waals surface area (Å²) in [6.45, 7) is 8.99. The predicted molar refractivity (Wildman–Crippen MR) is 108 cm³/mol. The maximum Gasteiger partial charge on any atom is 0.0165 e. The first-order chi connectivity index (χ1) is 12.0. The summed E-state index contributed by atoms with van der Waals surface area (Å²) in [5.74, 6) is 0. The van der Waals surface area contributed by atoms with Gasteiger partial charge in [-0.3, -0.25) is 0 Å². The zero-order chi connectivity index (χ0) is 17.6. The Hall–Kier alpha value is -2.60. The lowest BCUT2D eigenvalue weighted by Gasteiger charge is -2.25. The minimum absolute atomic E-state index is 0.00787. The summed E-state index contributed by atoms with van der Waals surface area (Å²) in [5.41, 5.74) is 10.8. The van der Waals surface area contributed by atoms with Crippen molar-refractivity contribution in [2.45, 2.75) is 33.1 Å². The molecule has 0 amide bonds. The van der Waals surface area contributed by atoms with Gasteiger partial charge in [0.15, 0.2) is 0 Å². The number of hydrogen-bond acceptors (Lipinski definition) is 0. The molecule has 0 saturated heterocycles. The minimum atomic E-state index is -0.00787. The molecule has 124 valence electrons. The summed E-state index contributed by atoms with van der Waals surface area (Å²) in [6, 6.07) is 26.8. The second-order valence-corrected chi connectivity index (χ2v) is 7.65. The van der Waals surface area contributed by atoms with Crippen molar-refractivity contribution in [3.63, 3.8) is 0 Å². The van der Waals surface area contributed by atoms with Crippen molar-refractivity contribution in [2.24, 2.45) is 0 Å². The molecule has 1 aliphatic carbocycles. The zero-order valence-corrected chi connectivity index (χ0v) is 15.4. The average Bonchev–Trinajstić information content (AvgIpc) is 2.85. The van der Waals surface area contributed by atoms with Crippen molar-refractivity contribution < 1.29 is 0 Å². The molecular formula is C25H24. The van der Waals surface area contributed by atoms with Gasteiger partial charge < -0.3 is 0 Å². The molecule has 0 aliphatic heterocycles. The summed E-state index contributed by atoms with van der Waals surface area (Å²) in [6.07, 6.45) is 0. The highest BCUT2D eigenvalue weighted by Crippen LogP contribution is 2.52. The van der Waals surface area contributed by atoms with E-state index in [4.69, 9.17) is 0 Å². The van der Waals surface area contributed by atoms with E-state index in [1.807, 2.05) is 0 Å². The van der Waals surface area contributed by atoms with E-state index in [1.165, 1.54) is 44.5 Å². The Morgan fingerprint density at radius 3 is 1.72 bits per heavy atom. The predicted octanol–water partition coefficient (Wildman–Crippen LogP) is 6.55. The van der Waals surface area contributed by atoms with Crippen LogP contribution in [0.2, 0.25) is 0 Å². The van der Waals surface area contributed by atoms with Crippen LogP contribution in [0.3, 0.4) is 0 Å². The molecule has 0 nitrogen and oxygen atoms in total. The summed E-state index contributed by atoms with van der Waals surface area (Å²) >= 11 is 0. The van der Waals surface area contributed by atoms with Crippen molar-refractivity contribution in [2.75, 3.05) is 0 Å². The van der Waals surface area contributed by atoms with E-state index in [0.717, 1.165) is 0 Å². The zero-order valence-electron chi connectivity index (χ0n) is 15.4. The molecular weight excluding hydrogens is 300 g/mol. The van der Waals surface area contributed by atoms with Gasteiger partial charge in [0.05, 0.1) is 0 Å². The Morgan fingerprint density at radius 1 is 0.600 bits per heavy atom. The van der Waals surface area contributed by atoms with Crippen molar-refractivity contribution in [3.05, 3.63) is 106 Å². The largest absolute Gasteiger partial charge is 0.0619 e. The summed E-state index contributed by atoms with van der Waals surface area (Å²) in [7, 11) is 0. The molecule has 0 N–H and O–H groups in total. The van der Waals surface area contributed by atoms with Gasteiger partial charge in [0.25, 0.3) is 0 Å². The summed E-state index contributed by atoms with van der Waals surface area (Å²) < 4.78 is 0. The fourth-order valence-electron chi connectivity index (χ4n) is 4.07. The first kappa shape index (κ1) is 15.9. The third-order valence-electron chi connectivity index (χ3n) is 5.43. The molecule has 3 aromatic rings. The van der Waals surface area contributed by atoms with Gasteiger partial charge in [0.1, 0.15) is 0 Å². The van der Waals surface area contributed by atoms with Gasteiger partial charge in [-0.05, 0) is 47.2 Å². The van der Waals surface area contributed by atoms with Gasteiger partial charge in [-0.25, -0.2) is 0 Å². The van der Waals surface area contributed by atoms with Crippen LogP contribution in [0.1, 0.15) is 47.2 Å². The Bertz CT molecular complexity index is 952. The molecule has 0 radical (unpaired) electrons. The number of aryl methyl sites for hydroxylation is 2. The van der Waals surface area contributed by atoms with Crippen LogP contribution in [0.4, 0.5) is 0 Å². The molecule has 0 atom stereocenters. The van der Waals surface area contributed by atoms with Crippen LogP contribution in [-0.2, 0) is 5.41 Å². The van der Waals surface area contributed by atoms with Crippen LogP contribution in [-0.4, -0.2) is 0 Å². The molecule has 1 aliphatic rings. The maximum atomic E-state index is 2.35. The van der Waals surface area contributed by atoms with Crippen LogP contribution in [0.25, 0.3) is 11.1 Å². The molecule has 0 aromatic heterocycles. The summed E-state index contributed by atoms with van der Waals surface area (Å²) in [5, 5.41) is 0. The van der Waals surface area contributed by atoms with Crippen molar-refractivity contribution in [1.29, 1.82) is 0 Å². The number of hydrogen-bond donors (Lipinski definition) is 0. The lowest BCUT2D eigenvalue weighted by Crippen LogP contribution is -2.16. The van der Waals surface area contributed by atoms with Crippen molar-refractivity contribution in [3.8, 4) is 0 Å². The topological polar surface area (TPSA) is 0 Å². The van der Waals surface area contributed by atoms with E-state index in [2.05, 4.69) is 100 Å². The van der Waals surface area contributed by atoms with Crippen molar-refractivity contribution in [1.82, 2.24) is 0 Å². The average molecular weight is 324 g/mol. The molecule has 0 unspecified atom stereocenters. The van der Waals surface area contributed by atoms with Crippen LogP contribution >= 0.6 is 0 Å². The van der Waals surface area contributed by atoms with Gasteiger partial charge in [-0.2, -0.15) is 0 Å². The van der Waals surface area contributed by atoms with Crippen molar-refractivity contribution >= 4 is 11.1 Å². The second kappa shape index (κ2) is 5.74. The molecule has 0 saturated carbocycles. The van der Waals surface area contributed by atoms with Gasteiger partial charge in [-0.1, -0.05) is 97.8 Å². The van der Waals surface area contributed by atoms with E-state index < -0.39 is 0 Å². The lowest BCUT2D eigenvalue weighted by atomic mass is 9.78. The molecule has 3 aromatic carbocycles. The number of fused-ring (bicyclic) bond motifs is 1. The first-order valence-electron chi connectivity index (χ1n) is 8.97. The van der Waals surface area contributed by atoms with Gasteiger partial charge in [0, 0.05) is 5.41 Å². The normalized spacial score (nSPS) is 15.4. The SMILES string of the molecule is Cc1ccc(C2=C(c3ccc(C)cc3)C(C)(C)c3ccccc32)cc1. The molecule has 4 rings (SSSR count). The highest BCUT2D eigenvalue weighted by Gasteiger charge is 2.38. The molecule has 0 heteroatoms. The third-order valence-corrected chi connectivity index (χ3v) is 5.43. The fraction of sp³-hybridized carbons (Fsp3) is 0.200.